The number of fused-ring (bicyclic) bond motifs is 14. The van der Waals surface area contributed by atoms with E-state index in [-0.39, 0.29) is 0 Å². The van der Waals surface area contributed by atoms with Crippen molar-refractivity contribution >= 4 is 96.5 Å². The van der Waals surface area contributed by atoms with E-state index in [1.807, 2.05) is 0 Å². The predicted octanol–water partition coefficient (Wildman–Crippen LogP) is 13.9. The van der Waals surface area contributed by atoms with Crippen LogP contribution in [0.2, 0.25) is 0 Å². The average molecular weight is 704 g/mol. The summed E-state index contributed by atoms with van der Waals surface area (Å²) < 4.78 is 3.52. The minimum absolute atomic E-state index is 0.677. The molecule has 0 aliphatic heterocycles. The van der Waals surface area contributed by atoms with Crippen molar-refractivity contribution in [2.75, 3.05) is 0 Å². The van der Waals surface area contributed by atoms with Gasteiger partial charge < -0.3 is 0 Å². The molecule has 3 heterocycles. The van der Waals surface area contributed by atoms with Gasteiger partial charge in [-0.3, -0.25) is 4.57 Å². The van der Waals surface area contributed by atoms with Crippen molar-refractivity contribution in [3.63, 3.8) is 0 Å². The summed E-state index contributed by atoms with van der Waals surface area (Å²) in [6.45, 7) is 0. The summed E-state index contributed by atoms with van der Waals surface area (Å²) in [5, 5.41) is 14.7. The molecular formula is C50H29N3S. The van der Waals surface area contributed by atoms with Crippen molar-refractivity contribution in [2.24, 2.45) is 0 Å². The van der Waals surface area contributed by atoms with Gasteiger partial charge in [0.15, 0.2) is 0 Å². The van der Waals surface area contributed by atoms with Gasteiger partial charge in [0, 0.05) is 37.2 Å². The molecular weight excluding hydrogens is 675 g/mol. The molecule has 4 heteroatoms. The van der Waals surface area contributed by atoms with Gasteiger partial charge in [-0.1, -0.05) is 152 Å². The SMILES string of the molecule is c1ccc(-c2ccc(-c3nc(-n4c5cc6ccccc6cc5c5c6c7ccccc7c7ccccc7c6ccc54)nc4sc5ccccc5c34)cc2)cc1. The number of benzene rings is 9. The van der Waals surface area contributed by atoms with E-state index in [2.05, 4.69) is 180 Å². The number of thiophene rings is 1. The van der Waals surface area contributed by atoms with E-state index in [1.165, 1.54) is 75.1 Å². The van der Waals surface area contributed by atoms with E-state index in [0.717, 1.165) is 32.5 Å². The molecule has 12 aromatic rings. The van der Waals surface area contributed by atoms with Gasteiger partial charge in [-0.2, -0.15) is 0 Å². The largest absolute Gasteiger partial charge is 0.278 e. The lowest BCUT2D eigenvalue weighted by atomic mass is 9.91. The van der Waals surface area contributed by atoms with Crippen molar-refractivity contribution in [1.82, 2.24) is 14.5 Å². The summed E-state index contributed by atoms with van der Waals surface area (Å²) in [4.78, 5) is 12.0. The van der Waals surface area contributed by atoms with Gasteiger partial charge in [0.25, 0.3) is 0 Å². The van der Waals surface area contributed by atoms with Crippen LogP contribution in [-0.4, -0.2) is 14.5 Å². The number of hydrogen-bond donors (Lipinski definition) is 0. The molecule has 0 atom stereocenters. The Labute approximate surface area is 314 Å². The van der Waals surface area contributed by atoms with Crippen LogP contribution < -0.4 is 0 Å². The maximum atomic E-state index is 5.57. The zero-order chi connectivity index (χ0) is 35.3. The zero-order valence-electron chi connectivity index (χ0n) is 29.0. The lowest BCUT2D eigenvalue weighted by molar-refractivity contribution is 1.02. The topological polar surface area (TPSA) is 30.7 Å². The van der Waals surface area contributed by atoms with Gasteiger partial charge in [-0.25, -0.2) is 9.97 Å². The third-order valence-electron chi connectivity index (χ3n) is 11.2. The molecule has 0 bridgehead atoms. The van der Waals surface area contributed by atoms with Gasteiger partial charge in [-0.15, -0.1) is 11.3 Å². The second-order valence-corrected chi connectivity index (χ2v) is 15.1. The molecule has 0 aliphatic rings. The Kier molecular flexibility index (Phi) is 6.21. The van der Waals surface area contributed by atoms with E-state index in [9.17, 15) is 0 Å². The molecule has 0 fully saturated rings. The summed E-state index contributed by atoms with van der Waals surface area (Å²) >= 11 is 1.74. The Morgan fingerprint density at radius 1 is 0.370 bits per heavy atom. The molecule has 3 aromatic heterocycles. The van der Waals surface area contributed by atoms with Gasteiger partial charge in [0.05, 0.1) is 16.7 Å². The Morgan fingerprint density at radius 3 is 1.70 bits per heavy atom. The zero-order valence-corrected chi connectivity index (χ0v) is 29.8. The highest BCUT2D eigenvalue weighted by Crippen LogP contribution is 2.45. The third-order valence-corrected chi connectivity index (χ3v) is 12.3. The number of nitrogens with zero attached hydrogens (tertiary/aromatic N) is 3. The highest BCUT2D eigenvalue weighted by Gasteiger charge is 2.23. The van der Waals surface area contributed by atoms with Crippen LogP contribution in [0.1, 0.15) is 0 Å². The van der Waals surface area contributed by atoms with E-state index < -0.39 is 0 Å². The molecule has 0 aliphatic carbocycles. The molecule has 0 spiro atoms. The molecule has 9 aromatic carbocycles. The maximum Gasteiger partial charge on any atom is 0.236 e. The molecule has 54 heavy (non-hydrogen) atoms. The van der Waals surface area contributed by atoms with E-state index >= 15 is 0 Å². The molecule has 3 nitrogen and oxygen atoms in total. The van der Waals surface area contributed by atoms with Crippen molar-refractivity contribution in [2.45, 2.75) is 0 Å². The first-order valence-corrected chi connectivity index (χ1v) is 19.1. The summed E-state index contributed by atoms with van der Waals surface area (Å²) in [5.41, 5.74) is 6.59. The van der Waals surface area contributed by atoms with Crippen molar-refractivity contribution in [3.8, 4) is 28.3 Å². The minimum atomic E-state index is 0.677. The van der Waals surface area contributed by atoms with Crippen LogP contribution in [0.4, 0.5) is 0 Å². The lowest BCUT2D eigenvalue weighted by Gasteiger charge is -2.13. The highest BCUT2D eigenvalue weighted by atomic mass is 32.1. The molecule has 0 radical (unpaired) electrons. The van der Waals surface area contributed by atoms with Gasteiger partial charge in [0.1, 0.15) is 4.83 Å². The van der Waals surface area contributed by atoms with Crippen molar-refractivity contribution < 1.29 is 0 Å². The minimum Gasteiger partial charge on any atom is -0.278 e. The first-order chi connectivity index (χ1) is 26.8. The summed E-state index contributed by atoms with van der Waals surface area (Å²) in [5.74, 6) is 0.677. The third kappa shape index (κ3) is 4.23. The highest BCUT2D eigenvalue weighted by molar-refractivity contribution is 7.25. The van der Waals surface area contributed by atoms with Crippen molar-refractivity contribution in [1.29, 1.82) is 0 Å². The van der Waals surface area contributed by atoms with Crippen LogP contribution in [0.5, 0.6) is 0 Å². The summed E-state index contributed by atoms with van der Waals surface area (Å²) in [7, 11) is 0. The number of hydrogen-bond acceptors (Lipinski definition) is 3. The second-order valence-electron chi connectivity index (χ2n) is 14.1. The number of rotatable bonds is 3. The fraction of sp³-hybridized carbons (Fsp3) is 0. The second kappa shape index (κ2) is 11.3. The summed E-state index contributed by atoms with van der Waals surface area (Å²) in [6, 6.07) is 63.6. The van der Waals surface area contributed by atoms with Crippen molar-refractivity contribution in [3.05, 3.63) is 176 Å². The van der Waals surface area contributed by atoms with Gasteiger partial charge in [-0.05, 0) is 73.1 Å². The summed E-state index contributed by atoms with van der Waals surface area (Å²) in [6.07, 6.45) is 0. The molecule has 12 rings (SSSR count). The maximum absolute atomic E-state index is 5.57. The standard InChI is InChI=1S/C50H29N3S/c1-2-12-30(13-3-1)31-22-24-32(25-23-31)48-47-40-20-10-11-21-44(40)54-49(47)52-50(51-48)53-42-27-26-39-37-18-7-6-16-35(37)36-17-8-9-19-38(36)45(39)46(42)41-28-33-14-4-5-15-34(33)29-43(41)53/h1-29H. The van der Waals surface area contributed by atoms with Crippen LogP contribution in [-0.2, 0) is 0 Å². The molecule has 0 saturated carbocycles. The Bertz CT molecular complexity index is 3450. The first-order valence-electron chi connectivity index (χ1n) is 18.3. The van der Waals surface area contributed by atoms with E-state index in [0.29, 0.717) is 5.95 Å². The molecule has 0 amide bonds. The Morgan fingerprint density at radius 2 is 0.944 bits per heavy atom. The lowest BCUT2D eigenvalue weighted by Crippen LogP contribution is -2.02. The Balaban J connectivity index is 1.22. The van der Waals surface area contributed by atoms with Gasteiger partial charge in [0.2, 0.25) is 5.95 Å². The normalized spacial score (nSPS) is 12.1. The number of aromatic nitrogens is 3. The smallest absolute Gasteiger partial charge is 0.236 e. The van der Waals surface area contributed by atoms with E-state index in [4.69, 9.17) is 9.97 Å². The van der Waals surface area contributed by atoms with Gasteiger partial charge >= 0.3 is 0 Å². The van der Waals surface area contributed by atoms with Crippen LogP contribution >= 0.6 is 11.3 Å². The molecule has 0 unspecified atom stereocenters. The predicted molar refractivity (Wildman–Crippen MR) is 230 cm³/mol. The molecule has 250 valence electrons. The van der Waals surface area contributed by atoms with Crippen LogP contribution in [0.3, 0.4) is 0 Å². The fourth-order valence-electron chi connectivity index (χ4n) is 8.77. The van der Waals surface area contributed by atoms with Crippen LogP contribution in [0.25, 0.3) is 114 Å². The fourth-order valence-corrected chi connectivity index (χ4v) is 9.85. The quantitative estimate of drug-likeness (QED) is 0.172. The molecule has 0 N–H and O–H groups in total. The average Bonchev–Trinajstić information content (AvgIpc) is 3.78. The van der Waals surface area contributed by atoms with Crippen LogP contribution in [0.15, 0.2) is 176 Å². The Hall–Kier alpha value is -6.88. The monoisotopic (exact) mass is 703 g/mol. The first kappa shape index (κ1) is 29.7. The van der Waals surface area contributed by atoms with E-state index in [1.54, 1.807) is 11.3 Å². The molecule has 0 saturated heterocycles. The van der Waals surface area contributed by atoms with Crippen LogP contribution in [0, 0.1) is 0 Å².